The van der Waals surface area contributed by atoms with Crippen LogP contribution in [0.3, 0.4) is 0 Å². The molecule has 0 bridgehead atoms. The van der Waals surface area contributed by atoms with Crippen molar-refractivity contribution in [2.45, 2.75) is 6.54 Å². The first-order chi connectivity index (χ1) is 8.16. The molecule has 5 heteroatoms. The van der Waals surface area contributed by atoms with Crippen LogP contribution in [0.1, 0.15) is 5.56 Å². The Morgan fingerprint density at radius 1 is 1.24 bits per heavy atom. The number of nitrogens with one attached hydrogen (secondary N) is 1. The molecule has 2 nitrogen and oxygen atoms in total. The predicted octanol–water partition coefficient (Wildman–Crippen LogP) is 4.61. The molecule has 0 spiro atoms. The lowest BCUT2D eigenvalue weighted by Gasteiger charge is -2.09. The highest BCUT2D eigenvalue weighted by atomic mass is 127. The molecule has 0 aliphatic rings. The summed E-state index contributed by atoms with van der Waals surface area (Å²) in [4.78, 5) is 3.95. The van der Waals surface area contributed by atoms with E-state index in [1.807, 2.05) is 24.3 Å². The van der Waals surface area contributed by atoms with E-state index in [1.165, 1.54) is 0 Å². The third kappa shape index (κ3) is 3.47. The molecule has 0 atom stereocenters. The van der Waals surface area contributed by atoms with E-state index in [0.717, 1.165) is 19.8 Å². The van der Waals surface area contributed by atoms with E-state index in [0.29, 0.717) is 11.6 Å². The van der Waals surface area contributed by atoms with E-state index in [-0.39, 0.29) is 0 Å². The predicted molar refractivity (Wildman–Crippen MR) is 80.7 cm³/mol. The number of halogens is 3. The largest absolute Gasteiger partial charge is 0.380 e. The average Bonchev–Trinajstić information content (AvgIpc) is 2.30. The molecule has 0 aliphatic heterocycles. The van der Waals surface area contributed by atoms with E-state index in [2.05, 4.69) is 32.9 Å². The zero-order chi connectivity index (χ0) is 12.3. The van der Waals surface area contributed by atoms with E-state index in [1.54, 1.807) is 12.4 Å². The Labute approximate surface area is 123 Å². The standard InChI is InChI=1S/C12H9Cl2IN2/c13-9-1-2-12(11(15)5-9)17-6-8-3-4-16-7-10(8)14/h1-5,7,17H,6H2. The molecule has 1 heterocycles. The van der Waals surface area contributed by atoms with Gasteiger partial charge in [-0.3, -0.25) is 4.98 Å². The van der Waals surface area contributed by atoms with Crippen molar-refractivity contribution in [3.05, 3.63) is 55.8 Å². The van der Waals surface area contributed by atoms with E-state index < -0.39 is 0 Å². The van der Waals surface area contributed by atoms with Crippen LogP contribution in [0.4, 0.5) is 5.69 Å². The van der Waals surface area contributed by atoms with Gasteiger partial charge in [0.25, 0.3) is 0 Å². The maximum Gasteiger partial charge on any atom is 0.0639 e. The summed E-state index contributed by atoms with van der Waals surface area (Å²) in [6, 6.07) is 7.64. The molecule has 0 aliphatic carbocycles. The summed E-state index contributed by atoms with van der Waals surface area (Å²) in [6.45, 7) is 0.666. The van der Waals surface area contributed by atoms with Gasteiger partial charge in [-0.05, 0) is 52.4 Å². The van der Waals surface area contributed by atoms with Crippen LogP contribution in [-0.4, -0.2) is 4.98 Å². The number of rotatable bonds is 3. The van der Waals surface area contributed by atoms with Crippen LogP contribution in [0.25, 0.3) is 0 Å². The molecule has 1 aromatic carbocycles. The Bertz CT molecular complexity index is 532. The maximum absolute atomic E-state index is 6.03. The minimum absolute atomic E-state index is 0.666. The first-order valence-corrected chi connectivity index (χ1v) is 6.77. The summed E-state index contributed by atoms with van der Waals surface area (Å²) in [6.07, 6.45) is 3.38. The fraction of sp³-hybridized carbons (Fsp3) is 0.0833. The van der Waals surface area contributed by atoms with Gasteiger partial charge in [0.1, 0.15) is 0 Å². The lowest BCUT2D eigenvalue weighted by molar-refractivity contribution is 1.12. The molecule has 0 saturated carbocycles. The second kappa shape index (κ2) is 5.89. The summed E-state index contributed by atoms with van der Waals surface area (Å²) >= 11 is 14.2. The summed E-state index contributed by atoms with van der Waals surface area (Å²) in [5, 5.41) is 4.73. The molecular formula is C12H9Cl2IN2. The smallest absolute Gasteiger partial charge is 0.0639 e. The molecular weight excluding hydrogens is 370 g/mol. The fourth-order valence-electron chi connectivity index (χ4n) is 1.37. The monoisotopic (exact) mass is 378 g/mol. The van der Waals surface area contributed by atoms with Crippen molar-refractivity contribution < 1.29 is 0 Å². The second-order valence-electron chi connectivity index (χ2n) is 3.44. The molecule has 0 saturated heterocycles. The Kier molecular flexibility index (Phi) is 4.48. The SMILES string of the molecule is Clc1ccc(NCc2ccncc2Cl)c(I)c1. The minimum Gasteiger partial charge on any atom is -0.380 e. The lowest BCUT2D eigenvalue weighted by atomic mass is 10.2. The Balaban J connectivity index is 2.10. The fourth-order valence-corrected chi connectivity index (χ4v) is 2.62. The molecule has 88 valence electrons. The number of anilines is 1. The van der Waals surface area contributed by atoms with E-state index >= 15 is 0 Å². The first-order valence-electron chi connectivity index (χ1n) is 4.94. The lowest BCUT2D eigenvalue weighted by Crippen LogP contribution is -2.01. The van der Waals surface area contributed by atoms with Gasteiger partial charge in [0.15, 0.2) is 0 Å². The Morgan fingerprint density at radius 3 is 2.76 bits per heavy atom. The topological polar surface area (TPSA) is 24.9 Å². The number of nitrogens with zero attached hydrogens (tertiary/aromatic N) is 1. The summed E-state index contributed by atoms with van der Waals surface area (Å²) < 4.78 is 1.08. The Morgan fingerprint density at radius 2 is 2.06 bits per heavy atom. The average molecular weight is 379 g/mol. The second-order valence-corrected chi connectivity index (χ2v) is 5.45. The van der Waals surface area contributed by atoms with Crippen LogP contribution in [0.5, 0.6) is 0 Å². The number of aromatic nitrogens is 1. The number of benzene rings is 1. The highest BCUT2D eigenvalue weighted by Gasteiger charge is 2.02. The molecule has 17 heavy (non-hydrogen) atoms. The third-order valence-corrected chi connectivity index (χ3v) is 3.72. The van der Waals surface area contributed by atoms with Crippen molar-refractivity contribution in [1.82, 2.24) is 4.98 Å². The molecule has 2 rings (SSSR count). The zero-order valence-electron chi connectivity index (χ0n) is 8.75. The molecule has 1 aromatic heterocycles. The van der Waals surface area contributed by atoms with Crippen molar-refractivity contribution in [1.29, 1.82) is 0 Å². The summed E-state index contributed by atoms with van der Waals surface area (Å²) in [5.41, 5.74) is 2.07. The van der Waals surface area contributed by atoms with Gasteiger partial charge in [-0.15, -0.1) is 0 Å². The van der Waals surface area contributed by atoms with Gasteiger partial charge < -0.3 is 5.32 Å². The van der Waals surface area contributed by atoms with Crippen LogP contribution in [0.2, 0.25) is 10.0 Å². The third-order valence-electron chi connectivity index (χ3n) is 2.26. The summed E-state index contributed by atoms with van der Waals surface area (Å²) in [5.74, 6) is 0. The van der Waals surface area contributed by atoms with E-state index in [4.69, 9.17) is 23.2 Å². The zero-order valence-corrected chi connectivity index (χ0v) is 12.4. The Hall–Kier alpha value is -0.520. The maximum atomic E-state index is 6.03. The highest BCUT2D eigenvalue weighted by molar-refractivity contribution is 14.1. The van der Waals surface area contributed by atoms with Crippen molar-refractivity contribution in [3.63, 3.8) is 0 Å². The van der Waals surface area contributed by atoms with Gasteiger partial charge in [0.05, 0.1) is 5.02 Å². The van der Waals surface area contributed by atoms with Crippen LogP contribution in [0.15, 0.2) is 36.7 Å². The van der Waals surface area contributed by atoms with Crippen molar-refractivity contribution >= 4 is 51.5 Å². The number of hydrogen-bond donors (Lipinski definition) is 1. The van der Waals surface area contributed by atoms with Crippen LogP contribution in [-0.2, 0) is 6.54 Å². The molecule has 2 aromatic rings. The van der Waals surface area contributed by atoms with Crippen LogP contribution < -0.4 is 5.32 Å². The molecule has 0 amide bonds. The number of hydrogen-bond acceptors (Lipinski definition) is 2. The molecule has 0 fully saturated rings. The van der Waals surface area contributed by atoms with Crippen molar-refractivity contribution in [2.75, 3.05) is 5.32 Å². The number of pyridine rings is 1. The van der Waals surface area contributed by atoms with Gasteiger partial charge >= 0.3 is 0 Å². The normalized spacial score (nSPS) is 10.3. The summed E-state index contributed by atoms with van der Waals surface area (Å²) in [7, 11) is 0. The molecule has 0 radical (unpaired) electrons. The highest BCUT2D eigenvalue weighted by Crippen LogP contribution is 2.23. The first kappa shape index (κ1) is 12.9. The van der Waals surface area contributed by atoms with Gasteiger partial charge in [-0.2, -0.15) is 0 Å². The molecule has 0 unspecified atom stereocenters. The van der Waals surface area contributed by atoms with E-state index in [9.17, 15) is 0 Å². The van der Waals surface area contributed by atoms with Crippen molar-refractivity contribution in [2.24, 2.45) is 0 Å². The quantitative estimate of drug-likeness (QED) is 0.789. The van der Waals surface area contributed by atoms with Crippen molar-refractivity contribution in [3.8, 4) is 0 Å². The molecule has 1 N–H and O–H groups in total. The van der Waals surface area contributed by atoms with Gasteiger partial charge in [0, 0.05) is 33.2 Å². The van der Waals surface area contributed by atoms with Gasteiger partial charge in [-0.25, -0.2) is 0 Å². The van der Waals surface area contributed by atoms with Crippen LogP contribution >= 0.6 is 45.8 Å². The minimum atomic E-state index is 0.666. The van der Waals surface area contributed by atoms with Gasteiger partial charge in [0.2, 0.25) is 0 Å². The van der Waals surface area contributed by atoms with Crippen LogP contribution in [0, 0.1) is 3.57 Å². The van der Waals surface area contributed by atoms with Gasteiger partial charge in [-0.1, -0.05) is 23.2 Å².